The Labute approximate surface area is 118 Å². The highest BCUT2D eigenvalue weighted by Gasteiger charge is 2.20. The summed E-state index contributed by atoms with van der Waals surface area (Å²) in [4.78, 5) is 17.7. The van der Waals surface area contributed by atoms with E-state index in [4.69, 9.17) is 0 Å². The number of carboxylic acids is 1. The van der Waals surface area contributed by atoms with Crippen molar-refractivity contribution in [3.63, 3.8) is 0 Å². The van der Waals surface area contributed by atoms with Gasteiger partial charge < -0.3 is 10.0 Å². The molecule has 0 spiro atoms. The molecule has 0 aliphatic carbocycles. The highest BCUT2D eigenvalue weighted by atomic mass is 16.4. The number of aromatic nitrogens is 1. The predicted molar refractivity (Wildman–Crippen MR) is 79.8 cm³/mol. The van der Waals surface area contributed by atoms with Crippen LogP contribution in [0.15, 0.2) is 36.5 Å². The molecule has 0 saturated carbocycles. The number of aryl methyl sites for hydroxylation is 2. The lowest BCUT2D eigenvalue weighted by molar-refractivity contribution is 0.0696. The van der Waals surface area contributed by atoms with E-state index in [1.54, 1.807) is 19.2 Å². The predicted octanol–water partition coefficient (Wildman–Crippen LogP) is 3.55. The van der Waals surface area contributed by atoms with Crippen molar-refractivity contribution >= 4 is 17.5 Å². The number of para-hydroxylation sites is 1. The number of aromatic carboxylic acids is 1. The first-order valence-corrected chi connectivity index (χ1v) is 6.58. The molecule has 1 heterocycles. The summed E-state index contributed by atoms with van der Waals surface area (Å²) in [6, 6.07) is 9.62. The van der Waals surface area contributed by atoms with Crippen molar-refractivity contribution < 1.29 is 9.90 Å². The molecule has 4 nitrogen and oxygen atoms in total. The fourth-order valence-corrected chi connectivity index (χ4v) is 2.31. The highest BCUT2D eigenvalue weighted by Crippen LogP contribution is 2.30. The Morgan fingerprint density at radius 3 is 2.50 bits per heavy atom. The van der Waals surface area contributed by atoms with E-state index in [0.29, 0.717) is 12.4 Å². The minimum atomic E-state index is -0.947. The molecule has 0 unspecified atom stereocenters. The second kappa shape index (κ2) is 5.74. The standard InChI is InChI=1S/C16H18N2O2/c1-4-18(13-8-6-5-7-11(13)2)15-14(16(19)20)12(3)9-10-17-15/h5-10H,4H2,1-3H3,(H,19,20). The third-order valence-corrected chi connectivity index (χ3v) is 3.33. The molecular weight excluding hydrogens is 252 g/mol. The Bertz CT molecular complexity index is 638. The topological polar surface area (TPSA) is 53.4 Å². The van der Waals surface area contributed by atoms with Gasteiger partial charge in [-0.3, -0.25) is 0 Å². The van der Waals surface area contributed by atoms with E-state index in [0.717, 1.165) is 16.8 Å². The van der Waals surface area contributed by atoms with Crippen molar-refractivity contribution in [3.05, 3.63) is 53.2 Å². The molecule has 0 saturated heterocycles. The monoisotopic (exact) mass is 270 g/mol. The lowest BCUT2D eigenvalue weighted by Crippen LogP contribution is -2.22. The van der Waals surface area contributed by atoms with Gasteiger partial charge in [-0.05, 0) is 44.0 Å². The number of carbonyl (C=O) groups is 1. The van der Waals surface area contributed by atoms with Gasteiger partial charge in [0, 0.05) is 18.4 Å². The first kappa shape index (κ1) is 14.1. The van der Waals surface area contributed by atoms with Crippen LogP contribution in [0.5, 0.6) is 0 Å². The van der Waals surface area contributed by atoms with Crippen LogP contribution >= 0.6 is 0 Å². The minimum Gasteiger partial charge on any atom is -0.478 e. The van der Waals surface area contributed by atoms with Crippen molar-refractivity contribution in [2.24, 2.45) is 0 Å². The van der Waals surface area contributed by atoms with E-state index in [9.17, 15) is 9.90 Å². The molecule has 1 aromatic heterocycles. The second-order valence-corrected chi connectivity index (χ2v) is 4.66. The van der Waals surface area contributed by atoms with Crippen molar-refractivity contribution in [2.45, 2.75) is 20.8 Å². The summed E-state index contributed by atoms with van der Waals surface area (Å²) in [5.74, 6) is -0.452. The zero-order chi connectivity index (χ0) is 14.7. The second-order valence-electron chi connectivity index (χ2n) is 4.66. The smallest absolute Gasteiger partial charge is 0.339 e. The first-order valence-electron chi connectivity index (χ1n) is 6.58. The third-order valence-electron chi connectivity index (χ3n) is 3.33. The van der Waals surface area contributed by atoms with Gasteiger partial charge >= 0.3 is 5.97 Å². The van der Waals surface area contributed by atoms with Crippen LogP contribution in [0, 0.1) is 13.8 Å². The van der Waals surface area contributed by atoms with Crippen molar-refractivity contribution in [3.8, 4) is 0 Å². The average molecular weight is 270 g/mol. The van der Waals surface area contributed by atoms with Gasteiger partial charge in [-0.1, -0.05) is 18.2 Å². The van der Waals surface area contributed by atoms with Crippen LogP contribution in [0.1, 0.15) is 28.4 Å². The number of hydrogen-bond acceptors (Lipinski definition) is 3. The average Bonchev–Trinajstić information content (AvgIpc) is 2.41. The maximum Gasteiger partial charge on any atom is 0.339 e. The van der Waals surface area contributed by atoms with Crippen molar-refractivity contribution in [1.29, 1.82) is 0 Å². The van der Waals surface area contributed by atoms with E-state index in [1.165, 1.54) is 0 Å². The lowest BCUT2D eigenvalue weighted by atomic mass is 10.1. The van der Waals surface area contributed by atoms with E-state index in [1.807, 2.05) is 43.0 Å². The summed E-state index contributed by atoms with van der Waals surface area (Å²) in [7, 11) is 0. The van der Waals surface area contributed by atoms with Crippen molar-refractivity contribution in [1.82, 2.24) is 4.98 Å². The molecule has 0 fully saturated rings. The van der Waals surface area contributed by atoms with Gasteiger partial charge in [0.15, 0.2) is 0 Å². The van der Waals surface area contributed by atoms with E-state index >= 15 is 0 Å². The first-order chi connectivity index (χ1) is 9.56. The maximum absolute atomic E-state index is 11.5. The summed E-state index contributed by atoms with van der Waals surface area (Å²) in [6.45, 7) is 6.44. The zero-order valence-corrected chi connectivity index (χ0v) is 11.9. The number of benzene rings is 1. The fraction of sp³-hybridized carbons (Fsp3) is 0.250. The van der Waals surface area contributed by atoms with Crippen LogP contribution in [0.4, 0.5) is 11.5 Å². The Kier molecular flexibility index (Phi) is 4.03. The van der Waals surface area contributed by atoms with E-state index in [-0.39, 0.29) is 5.56 Å². The van der Waals surface area contributed by atoms with Crippen LogP contribution in [-0.2, 0) is 0 Å². The molecule has 104 valence electrons. The molecule has 0 radical (unpaired) electrons. The summed E-state index contributed by atoms with van der Waals surface area (Å²) >= 11 is 0. The van der Waals surface area contributed by atoms with Gasteiger partial charge in [0.2, 0.25) is 0 Å². The number of nitrogens with zero attached hydrogens (tertiary/aromatic N) is 2. The van der Waals surface area contributed by atoms with Gasteiger partial charge in [0.25, 0.3) is 0 Å². The van der Waals surface area contributed by atoms with Crippen LogP contribution in [0.25, 0.3) is 0 Å². The number of pyridine rings is 1. The molecule has 20 heavy (non-hydrogen) atoms. The van der Waals surface area contributed by atoms with Crippen LogP contribution in [0.3, 0.4) is 0 Å². The molecule has 2 aromatic rings. The normalized spacial score (nSPS) is 10.3. The largest absolute Gasteiger partial charge is 0.478 e. The SMILES string of the molecule is CCN(c1ccccc1C)c1nccc(C)c1C(=O)O. The Morgan fingerprint density at radius 1 is 1.20 bits per heavy atom. The molecule has 0 aliphatic heterocycles. The summed E-state index contributed by atoms with van der Waals surface area (Å²) in [5.41, 5.74) is 3.05. The number of rotatable bonds is 4. The van der Waals surface area contributed by atoms with Gasteiger partial charge in [-0.2, -0.15) is 0 Å². The molecule has 0 atom stereocenters. The molecule has 0 bridgehead atoms. The van der Waals surface area contributed by atoms with Crippen molar-refractivity contribution in [2.75, 3.05) is 11.4 Å². The number of carboxylic acid groups (broad SMARTS) is 1. The summed E-state index contributed by atoms with van der Waals surface area (Å²) in [5, 5.41) is 9.44. The Hall–Kier alpha value is -2.36. The molecule has 1 aromatic carbocycles. The van der Waals surface area contributed by atoms with Gasteiger partial charge in [-0.15, -0.1) is 0 Å². The fourth-order valence-electron chi connectivity index (χ4n) is 2.31. The van der Waals surface area contributed by atoms with E-state index < -0.39 is 5.97 Å². The van der Waals surface area contributed by atoms with Gasteiger partial charge in [0.05, 0.1) is 0 Å². The Balaban J connectivity index is 2.62. The van der Waals surface area contributed by atoms with Crippen LogP contribution in [0.2, 0.25) is 0 Å². The number of hydrogen-bond donors (Lipinski definition) is 1. The molecule has 0 aliphatic rings. The van der Waals surface area contributed by atoms with E-state index in [2.05, 4.69) is 4.98 Å². The quantitative estimate of drug-likeness (QED) is 0.923. The molecule has 0 amide bonds. The zero-order valence-electron chi connectivity index (χ0n) is 11.9. The van der Waals surface area contributed by atoms with Crippen LogP contribution < -0.4 is 4.90 Å². The molecule has 1 N–H and O–H groups in total. The summed E-state index contributed by atoms with van der Waals surface area (Å²) < 4.78 is 0. The Morgan fingerprint density at radius 2 is 1.90 bits per heavy atom. The highest BCUT2D eigenvalue weighted by molar-refractivity contribution is 5.96. The molecule has 2 rings (SSSR count). The third kappa shape index (κ3) is 2.50. The molecule has 4 heteroatoms. The lowest BCUT2D eigenvalue weighted by Gasteiger charge is -2.25. The summed E-state index contributed by atoms with van der Waals surface area (Å²) in [6.07, 6.45) is 1.65. The maximum atomic E-state index is 11.5. The van der Waals surface area contributed by atoms with Crippen LogP contribution in [-0.4, -0.2) is 22.6 Å². The van der Waals surface area contributed by atoms with Gasteiger partial charge in [-0.25, -0.2) is 9.78 Å². The molecular formula is C16H18N2O2. The minimum absolute atomic E-state index is 0.262. The van der Waals surface area contributed by atoms with Gasteiger partial charge in [0.1, 0.15) is 11.4 Å². The number of anilines is 2.